The summed E-state index contributed by atoms with van der Waals surface area (Å²) in [5.74, 6) is 1.68. The molecule has 0 spiro atoms. The third-order valence-corrected chi connectivity index (χ3v) is 6.59. The number of ketones is 1. The molecule has 0 N–H and O–H groups in total. The highest BCUT2D eigenvalue weighted by atomic mass is 35.5. The summed E-state index contributed by atoms with van der Waals surface area (Å²) in [5.41, 5.74) is 3.37. The van der Waals surface area contributed by atoms with Crippen molar-refractivity contribution in [2.24, 2.45) is 0 Å². The van der Waals surface area contributed by atoms with E-state index in [4.69, 9.17) is 21.1 Å². The number of carbonyl (C=O) groups is 1. The molecule has 1 fully saturated rings. The predicted molar refractivity (Wildman–Crippen MR) is 113 cm³/mol. The zero-order chi connectivity index (χ0) is 20.0. The van der Waals surface area contributed by atoms with E-state index in [1.807, 2.05) is 31.2 Å². The van der Waals surface area contributed by atoms with Gasteiger partial charge in [-0.05, 0) is 43.5 Å². The molecule has 3 aliphatic rings. The first-order valence-electron chi connectivity index (χ1n) is 10.3. The van der Waals surface area contributed by atoms with Crippen LogP contribution in [-0.2, 0) is 6.54 Å². The summed E-state index contributed by atoms with van der Waals surface area (Å²) in [6, 6.07) is 9.97. The van der Waals surface area contributed by atoms with Crippen LogP contribution in [0.5, 0.6) is 11.5 Å². The van der Waals surface area contributed by atoms with Gasteiger partial charge in [0.05, 0.1) is 5.56 Å². The van der Waals surface area contributed by atoms with Gasteiger partial charge in [0.1, 0.15) is 18.2 Å². The highest BCUT2D eigenvalue weighted by Crippen LogP contribution is 2.44. The molecule has 4 nitrogen and oxygen atoms in total. The lowest BCUT2D eigenvalue weighted by Gasteiger charge is -2.37. The molecule has 2 heterocycles. The lowest BCUT2D eigenvalue weighted by molar-refractivity contribution is 0.0397. The summed E-state index contributed by atoms with van der Waals surface area (Å²) in [7, 11) is 0. The van der Waals surface area contributed by atoms with E-state index in [2.05, 4.69) is 4.90 Å². The number of fused-ring (bicyclic) bond motifs is 2. The van der Waals surface area contributed by atoms with E-state index >= 15 is 0 Å². The minimum absolute atomic E-state index is 0.0967. The molecule has 2 aromatic carbocycles. The molecule has 150 valence electrons. The lowest BCUT2D eigenvalue weighted by atomic mass is 9.93. The summed E-state index contributed by atoms with van der Waals surface area (Å²) >= 11 is 6.25. The van der Waals surface area contributed by atoms with Gasteiger partial charge in [0, 0.05) is 28.7 Å². The molecule has 0 amide bonds. The van der Waals surface area contributed by atoms with Crippen LogP contribution in [0.25, 0.3) is 6.08 Å². The van der Waals surface area contributed by atoms with E-state index in [1.165, 1.54) is 32.1 Å². The standard InChI is InChI=1S/C24H24ClNO3/c1-15-23-17(13-26(14-28-23)18-8-3-2-4-9-18)11-19-22(27)21(29-24(15)19)12-16-7-5-6-10-20(16)25/h5-7,10-12,18H,2-4,8-9,13-14H2,1H3/b21-12-. The molecule has 1 aliphatic carbocycles. The van der Waals surface area contributed by atoms with Crippen molar-refractivity contribution in [1.82, 2.24) is 4.90 Å². The molecular weight excluding hydrogens is 386 g/mol. The Hall–Kier alpha value is -2.30. The Bertz CT molecular complexity index is 1010. The van der Waals surface area contributed by atoms with E-state index in [9.17, 15) is 4.79 Å². The fraction of sp³-hybridized carbons (Fsp3) is 0.375. The maximum absolute atomic E-state index is 13.0. The van der Waals surface area contributed by atoms with Crippen LogP contribution in [0.1, 0.15) is 59.2 Å². The summed E-state index contributed by atoms with van der Waals surface area (Å²) in [5, 5.41) is 0.592. The lowest BCUT2D eigenvalue weighted by Crippen LogP contribution is -2.41. The summed E-state index contributed by atoms with van der Waals surface area (Å²) in [6.45, 7) is 3.40. The van der Waals surface area contributed by atoms with Crippen molar-refractivity contribution in [3.05, 3.63) is 63.4 Å². The Kier molecular flexibility index (Phi) is 4.84. The smallest absolute Gasteiger partial charge is 0.231 e. The molecule has 2 aromatic rings. The third kappa shape index (κ3) is 3.34. The summed E-state index contributed by atoms with van der Waals surface area (Å²) in [4.78, 5) is 15.5. The number of hydrogen-bond donors (Lipinski definition) is 0. The van der Waals surface area contributed by atoms with Crippen LogP contribution < -0.4 is 9.47 Å². The van der Waals surface area contributed by atoms with E-state index in [0.717, 1.165) is 29.0 Å². The van der Waals surface area contributed by atoms with E-state index < -0.39 is 0 Å². The van der Waals surface area contributed by atoms with Crippen LogP contribution in [0, 0.1) is 6.92 Å². The number of allylic oxidation sites excluding steroid dienone is 1. The molecule has 5 heteroatoms. The molecule has 0 unspecified atom stereocenters. The van der Waals surface area contributed by atoms with Gasteiger partial charge in [-0.3, -0.25) is 9.69 Å². The largest absolute Gasteiger partial charge is 0.477 e. The minimum atomic E-state index is -0.0967. The average Bonchev–Trinajstić information content (AvgIpc) is 3.06. The second kappa shape index (κ2) is 7.51. The minimum Gasteiger partial charge on any atom is -0.477 e. The average molecular weight is 410 g/mol. The van der Waals surface area contributed by atoms with Crippen molar-refractivity contribution < 1.29 is 14.3 Å². The van der Waals surface area contributed by atoms with Crippen LogP contribution in [0.2, 0.25) is 5.02 Å². The topological polar surface area (TPSA) is 38.8 Å². The molecule has 5 rings (SSSR count). The highest BCUT2D eigenvalue weighted by molar-refractivity contribution is 6.32. The molecule has 0 saturated heterocycles. The van der Waals surface area contributed by atoms with Crippen molar-refractivity contribution in [2.75, 3.05) is 6.73 Å². The number of Topliss-reactive ketones (excluding diaryl/α,β-unsaturated/α-hetero) is 1. The van der Waals surface area contributed by atoms with Crippen molar-refractivity contribution in [1.29, 1.82) is 0 Å². The van der Waals surface area contributed by atoms with Gasteiger partial charge < -0.3 is 9.47 Å². The van der Waals surface area contributed by atoms with Gasteiger partial charge in [-0.25, -0.2) is 0 Å². The normalized spacial score (nSPS) is 20.9. The number of ether oxygens (including phenoxy) is 2. The number of carbonyl (C=O) groups excluding carboxylic acids is 1. The number of benzene rings is 2. The first kappa shape index (κ1) is 18.7. The Balaban J connectivity index is 1.46. The Morgan fingerprint density at radius 1 is 1.14 bits per heavy atom. The second-order valence-electron chi connectivity index (χ2n) is 8.14. The summed E-state index contributed by atoms with van der Waals surface area (Å²) in [6.07, 6.45) is 8.10. The summed E-state index contributed by atoms with van der Waals surface area (Å²) < 4.78 is 12.1. The molecular formula is C24H24ClNO3. The van der Waals surface area contributed by atoms with Crippen molar-refractivity contribution in [2.45, 2.75) is 51.6 Å². The van der Waals surface area contributed by atoms with Gasteiger partial charge in [0.15, 0.2) is 5.76 Å². The van der Waals surface area contributed by atoms with Gasteiger partial charge in [0.25, 0.3) is 0 Å². The van der Waals surface area contributed by atoms with Gasteiger partial charge in [0.2, 0.25) is 5.78 Å². The van der Waals surface area contributed by atoms with Gasteiger partial charge in [-0.2, -0.15) is 0 Å². The molecule has 2 aliphatic heterocycles. The fourth-order valence-corrected chi connectivity index (χ4v) is 4.87. The van der Waals surface area contributed by atoms with Crippen LogP contribution in [0.4, 0.5) is 0 Å². The van der Waals surface area contributed by atoms with E-state index in [0.29, 0.717) is 34.9 Å². The van der Waals surface area contributed by atoms with Crippen molar-refractivity contribution in [3.63, 3.8) is 0 Å². The third-order valence-electron chi connectivity index (χ3n) is 6.25. The predicted octanol–water partition coefficient (Wildman–Crippen LogP) is 5.75. The quantitative estimate of drug-likeness (QED) is 0.592. The van der Waals surface area contributed by atoms with Crippen molar-refractivity contribution in [3.8, 4) is 11.5 Å². The fourth-order valence-electron chi connectivity index (χ4n) is 4.68. The zero-order valence-electron chi connectivity index (χ0n) is 16.5. The SMILES string of the molecule is Cc1c2c(cc3c1O/C(=C\c1ccccc1Cl)C3=O)CN(C1CCCCC1)CO2. The van der Waals surface area contributed by atoms with Crippen LogP contribution in [0.3, 0.4) is 0 Å². The van der Waals surface area contributed by atoms with Crippen LogP contribution in [0.15, 0.2) is 36.1 Å². The molecule has 1 saturated carbocycles. The Labute approximate surface area is 176 Å². The molecule has 0 aromatic heterocycles. The number of nitrogens with zero attached hydrogens (tertiary/aromatic N) is 1. The monoisotopic (exact) mass is 409 g/mol. The van der Waals surface area contributed by atoms with E-state index in [-0.39, 0.29) is 5.78 Å². The van der Waals surface area contributed by atoms with Gasteiger partial charge >= 0.3 is 0 Å². The highest BCUT2D eigenvalue weighted by Gasteiger charge is 2.35. The van der Waals surface area contributed by atoms with Crippen LogP contribution in [-0.4, -0.2) is 23.5 Å². The second-order valence-corrected chi connectivity index (χ2v) is 8.55. The molecule has 0 atom stereocenters. The molecule has 0 bridgehead atoms. The molecule has 29 heavy (non-hydrogen) atoms. The number of halogens is 1. The molecule has 0 radical (unpaired) electrons. The van der Waals surface area contributed by atoms with Gasteiger partial charge in [-0.15, -0.1) is 0 Å². The first-order valence-corrected chi connectivity index (χ1v) is 10.7. The van der Waals surface area contributed by atoms with Crippen molar-refractivity contribution >= 4 is 23.5 Å². The van der Waals surface area contributed by atoms with Crippen LogP contribution >= 0.6 is 11.6 Å². The Morgan fingerprint density at radius 2 is 1.93 bits per heavy atom. The van der Waals surface area contributed by atoms with E-state index in [1.54, 1.807) is 12.1 Å². The zero-order valence-corrected chi connectivity index (χ0v) is 17.3. The number of hydrogen-bond acceptors (Lipinski definition) is 4. The first-order chi connectivity index (χ1) is 14.1. The maximum atomic E-state index is 13.0. The maximum Gasteiger partial charge on any atom is 0.231 e. The number of rotatable bonds is 2. The Morgan fingerprint density at radius 3 is 2.72 bits per heavy atom. The van der Waals surface area contributed by atoms with Gasteiger partial charge in [-0.1, -0.05) is 49.1 Å².